The molecule has 3 aromatic rings. The second kappa shape index (κ2) is 2.31. The van der Waals surface area contributed by atoms with Crippen LogP contribution in [0, 0.1) is 0 Å². The first-order valence-corrected chi connectivity index (χ1v) is 5.07. The van der Waals surface area contributed by atoms with Gasteiger partial charge in [-0.3, -0.25) is 5.10 Å². The molecular formula is C9H6N2OS. The second-order valence-electron chi connectivity index (χ2n) is 2.87. The summed E-state index contributed by atoms with van der Waals surface area (Å²) in [7, 11) is -1.04. The number of aromatic nitrogens is 2. The van der Waals surface area contributed by atoms with Gasteiger partial charge in [0.2, 0.25) is 4.70 Å². The van der Waals surface area contributed by atoms with Crippen molar-refractivity contribution in [2.24, 2.45) is 0 Å². The minimum atomic E-state index is -1.04. The van der Waals surface area contributed by atoms with E-state index in [4.69, 9.17) is 0 Å². The minimum Gasteiger partial charge on any atom is -0.590 e. The molecule has 0 bridgehead atoms. The molecule has 1 atom stereocenters. The van der Waals surface area contributed by atoms with Crippen LogP contribution < -0.4 is 0 Å². The van der Waals surface area contributed by atoms with E-state index in [1.54, 1.807) is 6.20 Å². The van der Waals surface area contributed by atoms with Gasteiger partial charge in [0.05, 0.1) is 5.39 Å². The van der Waals surface area contributed by atoms with Gasteiger partial charge in [-0.25, -0.2) is 0 Å². The van der Waals surface area contributed by atoms with Crippen molar-refractivity contribution in [2.45, 2.75) is 0 Å². The first-order valence-electron chi connectivity index (χ1n) is 3.92. The van der Waals surface area contributed by atoms with E-state index in [1.807, 2.05) is 24.3 Å². The Morgan fingerprint density at radius 1 is 1.23 bits per heavy atom. The van der Waals surface area contributed by atoms with Gasteiger partial charge >= 0.3 is 0 Å². The number of fused-ring (bicyclic) bond motifs is 3. The molecule has 13 heavy (non-hydrogen) atoms. The van der Waals surface area contributed by atoms with Crippen LogP contribution in [-0.4, -0.2) is 14.8 Å². The van der Waals surface area contributed by atoms with Crippen molar-refractivity contribution in [1.82, 2.24) is 10.2 Å². The molecule has 0 aliphatic heterocycles. The second-order valence-corrected chi connectivity index (χ2v) is 4.29. The van der Waals surface area contributed by atoms with Crippen LogP contribution in [0.25, 0.3) is 20.3 Å². The molecule has 0 amide bonds. The minimum absolute atomic E-state index is 0.793. The smallest absolute Gasteiger partial charge is 0.218 e. The number of thiophene rings is 1. The van der Waals surface area contributed by atoms with Gasteiger partial charge in [0.1, 0.15) is 11.7 Å². The largest absolute Gasteiger partial charge is 0.590 e. The Balaban J connectivity index is 2.72. The normalized spacial score (nSPS) is 12.8. The summed E-state index contributed by atoms with van der Waals surface area (Å²) in [6.07, 6.45) is 1.63. The molecule has 2 aromatic heterocycles. The molecule has 1 unspecified atom stereocenters. The van der Waals surface area contributed by atoms with Gasteiger partial charge in [0.25, 0.3) is 0 Å². The highest BCUT2D eigenvalue weighted by Gasteiger charge is 2.15. The highest BCUT2D eigenvalue weighted by molar-refractivity contribution is 7.37. The first kappa shape index (κ1) is 7.06. The number of nitrogens with one attached hydrogen (secondary N) is 1. The Morgan fingerprint density at radius 2 is 2.08 bits per heavy atom. The van der Waals surface area contributed by atoms with Crippen LogP contribution >= 0.6 is 10.8 Å². The van der Waals surface area contributed by atoms with Crippen LogP contribution in [0.5, 0.6) is 0 Å². The van der Waals surface area contributed by atoms with Crippen LogP contribution in [0.2, 0.25) is 0 Å². The van der Waals surface area contributed by atoms with Crippen LogP contribution in [0.1, 0.15) is 0 Å². The number of rotatable bonds is 0. The van der Waals surface area contributed by atoms with Gasteiger partial charge in [0.15, 0.2) is 4.70 Å². The molecular weight excluding hydrogens is 184 g/mol. The van der Waals surface area contributed by atoms with Crippen LogP contribution in [0.15, 0.2) is 30.5 Å². The average molecular weight is 190 g/mol. The Kier molecular flexibility index (Phi) is 1.25. The third-order valence-electron chi connectivity index (χ3n) is 2.16. The van der Waals surface area contributed by atoms with Gasteiger partial charge in [-0.15, -0.1) is 0 Å². The van der Waals surface area contributed by atoms with E-state index in [9.17, 15) is 4.55 Å². The zero-order valence-electron chi connectivity index (χ0n) is 6.65. The van der Waals surface area contributed by atoms with E-state index >= 15 is 0 Å². The van der Waals surface area contributed by atoms with Crippen molar-refractivity contribution in [3.63, 3.8) is 0 Å². The summed E-state index contributed by atoms with van der Waals surface area (Å²) < 4.78 is 13.5. The zero-order chi connectivity index (χ0) is 8.84. The maximum atomic E-state index is 11.8. The molecule has 0 spiro atoms. The molecule has 0 radical (unpaired) electrons. The number of benzene rings is 1. The van der Waals surface area contributed by atoms with Gasteiger partial charge in [-0.1, -0.05) is 12.1 Å². The molecule has 3 nitrogen and oxygen atoms in total. The maximum absolute atomic E-state index is 11.8. The molecule has 0 fully saturated rings. The summed E-state index contributed by atoms with van der Waals surface area (Å²) in [5, 5.41) is 7.74. The van der Waals surface area contributed by atoms with Crippen LogP contribution in [0.3, 0.4) is 0 Å². The van der Waals surface area contributed by atoms with Gasteiger partial charge in [-0.05, 0) is 22.9 Å². The lowest BCUT2D eigenvalue weighted by Gasteiger charge is -1.88. The predicted octanol–water partition coefficient (Wildman–Crippen LogP) is 2.44. The Hall–Kier alpha value is -1.39. The third-order valence-corrected chi connectivity index (χ3v) is 3.62. The standard InChI is InChI=1S/C9H6N2OS/c12-13-7-4-2-1-3-6(7)9-8(13)5-10-11-9/h1-5H,(H,10,11). The summed E-state index contributed by atoms with van der Waals surface area (Å²) in [6, 6.07) is 7.68. The van der Waals surface area contributed by atoms with Gasteiger partial charge in [-0.2, -0.15) is 5.10 Å². The van der Waals surface area contributed by atoms with Gasteiger partial charge in [0, 0.05) is 0 Å². The lowest BCUT2D eigenvalue weighted by molar-refractivity contribution is 0.602. The third kappa shape index (κ3) is 0.787. The van der Waals surface area contributed by atoms with Gasteiger partial charge < -0.3 is 4.55 Å². The molecule has 3 rings (SSSR count). The van der Waals surface area contributed by atoms with Crippen LogP contribution in [0.4, 0.5) is 0 Å². The Morgan fingerprint density at radius 3 is 3.00 bits per heavy atom. The van der Waals surface area contributed by atoms with Crippen LogP contribution in [-0.2, 0) is 0 Å². The number of H-pyrrole nitrogens is 1. The molecule has 0 saturated heterocycles. The summed E-state index contributed by atoms with van der Waals surface area (Å²) >= 11 is 0. The fourth-order valence-corrected chi connectivity index (χ4v) is 2.86. The molecule has 2 heterocycles. The summed E-state index contributed by atoms with van der Waals surface area (Å²) in [5.74, 6) is 0. The molecule has 1 aromatic carbocycles. The number of hydrogen-bond acceptors (Lipinski definition) is 2. The highest BCUT2D eigenvalue weighted by Crippen LogP contribution is 2.38. The number of hydrogen-bond donors (Lipinski definition) is 1. The monoisotopic (exact) mass is 190 g/mol. The molecule has 0 aliphatic rings. The van der Waals surface area contributed by atoms with E-state index in [-0.39, 0.29) is 0 Å². The first-order chi connectivity index (χ1) is 6.38. The summed E-state index contributed by atoms with van der Waals surface area (Å²) in [4.78, 5) is 0. The Labute approximate surface area is 76.8 Å². The summed E-state index contributed by atoms with van der Waals surface area (Å²) in [5.41, 5.74) is 0.897. The molecule has 1 N–H and O–H groups in total. The SMILES string of the molecule is [O-][s+]1c2ccccc2c2[nH]ncc21. The fourth-order valence-electron chi connectivity index (χ4n) is 1.56. The lowest BCUT2D eigenvalue weighted by Crippen LogP contribution is -1.67. The van der Waals surface area contributed by atoms with E-state index in [1.165, 1.54) is 0 Å². The summed E-state index contributed by atoms with van der Waals surface area (Å²) in [6.45, 7) is 0. The van der Waals surface area contributed by atoms with E-state index in [0.29, 0.717) is 0 Å². The maximum Gasteiger partial charge on any atom is 0.218 e. The van der Waals surface area contributed by atoms with Crippen molar-refractivity contribution in [3.8, 4) is 0 Å². The van der Waals surface area contributed by atoms with Crippen molar-refractivity contribution < 1.29 is 4.55 Å². The lowest BCUT2D eigenvalue weighted by atomic mass is 10.2. The van der Waals surface area contributed by atoms with Crippen molar-refractivity contribution >= 4 is 31.1 Å². The van der Waals surface area contributed by atoms with E-state index in [0.717, 1.165) is 20.3 Å². The van der Waals surface area contributed by atoms with Crippen molar-refractivity contribution in [1.29, 1.82) is 0 Å². The molecule has 4 heteroatoms. The molecule has 0 saturated carbocycles. The van der Waals surface area contributed by atoms with Crippen molar-refractivity contribution in [2.75, 3.05) is 0 Å². The Bertz CT molecular complexity index is 581. The fraction of sp³-hybridized carbons (Fsp3) is 0. The number of aromatic amines is 1. The number of nitrogens with zero attached hydrogens (tertiary/aromatic N) is 1. The quantitative estimate of drug-likeness (QED) is 0.553. The highest BCUT2D eigenvalue weighted by atomic mass is 32.2. The molecule has 0 aliphatic carbocycles. The molecule has 64 valence electrons. The average Bonchev–Trinajstić information content (AvgIpc) is 2.72. The van der Waals surface area contributed by atoms with E-state index < -0.39 is 10.8 Å². The topological polar surface area (TPSA) is 51.7 Å². The van der Waals surface area contributed by atoms with Crippen molar-refractivity contribution in [3.05, 3.63) is 30.5 Å². The predicted molar refractivity (Wildman–Crippen MR) is 52.3 cm³/mol. The zero-order valence-corrected chi connectivity index (χ0v) is 7.47. The van der Waals surface area contributed by atoms with E-state index in [2.05, 4.69) is 10.2 Å².